The van der Waals surface area contributed by atoms with Gasteiger partial charge in [0.05, 0.1) is 6.61 Å². The van der Waals surface area contributed by atoms with Crippen LogP contribution < -0.4 is 19.6 Å². The second-order valence-electron chi connectivity index (χ2n) is 12.2. The van der Waals surface area contributed by atoms with Gasteiger partial charge in [-0.25, -0.2) is 4.79 Å². The van der Waals surface area contributed by atoms with Gasteiger partial charge in [-0.05, 0) is 63.4 Å². The van der Waals surface area contributed by atoms with Crippen LogP contribution in [-0.2, 0) is 30.9 Å². The van der Waals surface area contributed by atoms with Crippen LogP contribution in [0.1, 0.15) is 39.2 Å². The Morgan fingerprint density at radius 2 is 1.70 bits per heavy atom. The van der Waals surface area contributed by atoms with Crippen LogP contribution in [0.4, 0.5) is 10.5 Å². The number of nitrogens with zero attached hydrogens (tertiary/aromatic N) is 2. The summed E-state index contributed by atoms with van der Waals surface area (Å²) in [6.45, 7) is 5.45. The van der Waals surface area contributed by atoms with Crippen molar-refractivity contribution in [3.63, 3.8) is 0 Å². The molecule has 6 N–H and O–H groups in total. The number of alkyl carbamates (subject to hydrolysis) is 1. The van der Waals surface area contributed by atoms with E-state index in [1.807, 2.05) is 0 Å². The first-order valence-electron chi connectivity index (χ1n) is 15.3. The molecule has 2 unspecified atom stereocenters. The molecule has 0 spiro atoms. The lowest BCUT2D eigenvalue weighted by Gasteiger charge is -2.39. The number of likely N-dealkylation sites (N-methyl/N-ethyl adjacent to an activating group) is 1. The molecular formula is C31H44N4O11S. The Balaban J connectivity index is 1.56. The van der Waals surface area contributed by atoms with Gasteiger partial charge >= 0.3 is 6.09 Å². The highest BCUT2D eigenvalue weighted by Gasteiger charge is 2.45. The fraction of sp³-hybridized carbons (Fsp3) is 0.548. The maximum atomic E-state index is 14.4. The Morgan fingerprint density at radius 1 is 1.04 bits per heavy atom. The van der Waals surface area contributed by atoms with E-state index in [-0.39, 0.29) is 23.6 Å². The summed E-state index contributed by atoms with van der Waals surface area (Å²) in [4.78, 5) is 24.8. The van der Waals surface area contributed by atoms with E-state index in [9.17, 15) is 34.2 Å². The molecule has 0 saturated carbocycles. The number of amides is 2. The highest BCUT2D eigenvalue weighted by molar-refractivity contribution is 7.87. The van der Waals surface area contributed by atoms with E-state index in [0.717, 1.165) is 12.8 Å². The molecule has 0 aromatic heterocycles. The lowest BCUT2D eigenvalue weighted by molar-refractivity contribution is -0.277. The van der Waals surface area contributed by atoms with Crippen molar-refractivity contribution in [2.75, 3.05) is 26.7 Å². The topological polar surface area (TPSA) is 209 Å². The number of para-hydroxylation sites is 1. The smallest absolute Gasteiger partial charge is 0.408 e. The van der Waals surface area contributed by atoms with E-state index in [1.54, 1.807) is 61.5 Å². The standard InChI is InChI=1S/C31H44N4O11S/c1-31(2,3)45-30(41)33-22(28(40)32-4)17-19-11-13-20(14-12-19)46-47(42,35-15-7-8-16-35)34-21-9-5-6-10-23(21)43-29-27(39)26(38)25(37)24(18-36)44-29/h5-6,9-14,22,24-27,29,36-39H,7-8,15-18H2,1-4H3,(H,32,40)(H,33,41)/t22-,24+,25+,26-,27+,29?,47?/m0/s1. The quantitative estimate of drug-likeness (QED) is 0.198. The Morgan fingerprint density at radius 3 is 2.32 bits per heavy atom. The predicted octanol–water partition coefficient (Wildman–Crippen LogP) is 1.15. The zero-order valence-corrected chi connectivity index (χ0v) is 27.6. The van der Waals surface area contributed by atoms with Crippen molar-refractivity contribution < 1.29 is 52.6 Å². The molecule has 0 bridgehead atoms. The van der Waals surface area contributed by atoms with Gasteiger partial charge in [0, 0.05) is 26.6 Å². The van der Waals surface area contributed by atoms with E-state index < -0.39 is 71.2 Å². The first kappa shape index (κ1) is 36.3. The molecule has 2 aliphatic heterocycles. The summed E-state index contributed by atoms with van der Waals surface area (Å²) in [5, 5.41) is 45.4. The lowest BCUT2D eigenvalue weighted by Crippen LogP contribution is -2.60. The summed E-state index contributed by atoms with van der Waals surface area (Å²) in [5.74, 6) is -0.115. The third-order valence-corrected chi connectivity index (χ3v) is 9.24. The van der Waals surface area contributed by atoms with Crippen LogP contribution in [0.2, 0.25) is 0 Å². The monoisotopic (exact) mass is 680 g/mol. The van der Waals surface area contributed by atoms with Gasteiger partial charge in [0.25, 0.3) is 10.2 Å². The van der Waals surface area contributed by atoms with Crippen LogP contribution in [0.15, 0.2) is 52.9 Å². The van der Waals surface area contributed by atoms with Crippen LogP contribution in [-0.4, -0.2) is 110 Å². The predicted molar refractivity (Wildman–Crippen MR) is 170 cm³/mol. The van der Waals surface area contributed by atoms with Crippen molar-refractivity contribution in [1.82, 2.24) is 14.9 Å². The highest BCUT2D eigenvalue weighted by Crippen LogP contribution is 2.34. The van der Waals surface area contributed by atoms with Gasteiger partial charge in [-0.3, -0.25) is 4.79 Å². The number of benzene rings is 2. The third-order valence-electron chi connectivity index (χ3n) is 7.38. The molecule has 2 aromatic rings. The number of rotatable bonds is 11. The van der Waals surface area contributed by atoms with Crippen LogP contribution >= 0.6 is 0 Å². The SMILES string of the molecule is CNC(=O)[C@H](Cc1ccc(OS(=O)(=Nc2ccccc2OC2O[C@H](CO)[C@@H](O)[C@H](O)[C@H]2O)N2CCCC2)cc1)NC(=O)OC(C)(C)C. The van der Waals surface area contributed by atoms with Crippen molar-refractivity contribution in [2.24, 2.45) is 4.36 Å². The molecule has 16 heteroatoms. The van der Waals surface area contributed by atoms with Crippen molar-refractivity contribution in [3.05, 3.63) is 54.1 Å². The number of ether oxygens (including phenoxy) is 3. The fourth-order valence-electron chi connectivity index (χ4n) is 4.97. The average molecular weight is 681 g/mol. The molecule has 4 rings (SSSR count). The minimum atomic E-state index is -3.56. The van der Waals surface area contributed by atoms with Crippen LogP contribution in [0.25, 0.3) is 0 Å². The summed E-state index contributed by atoms with van der Waals surface area (Å²) < 4.78 is 43.2. The number of aliphatic hydroxyl groups is 4. The number of aliphatic hydroxyl groups excluding tert-OH is 4. The number of hydrogen-bond acceptors (Lipinski definition) is 12. The Bertz CT molecular complexity index is 1490. The van der Waals surface area contributed by atoms with E-state index in [1.165, 1.54) is 19.2 Å². The first-order chi connectivity index (χ1) is 22.2. The van der Waals surface area contributed by atoms with Gasteiger partial charge in [0.15, 0.2) is 0 Å². The highest BCUT2D eigenvalue weighted by atomic mass is 32.2. The van der Waals surface area contributed by atoms with E-state index in [0.29, 0.717) is 18.7 Å². The average Bonchev–Trinajstić information content (AvgIpc) is 3.58. The van der Waals surface area contributed by atoms with Crippen molar-refractivity contribution in [3.8, 4) is 11.5 Å². The molecule has 2 heterocycles. The summed E-state index contributed by atoms with van der Waals surface area (Å²) >= 11 is 0. The molecule has 2 amide bonds. The van der Waals surface area contributed by atoms with Gasteiger partial charge in [-0.2, -0.15) is 8.51 Å². The lowest BCUT2D eigenvalue weighted by atomic mass is 9.99. The summed E-state index contributed by atoms with van der Waals surface area (Å²) in [5.41, 5.74) is 0.0562. The number of nitrogens with one attached hydrogen (secondary N) is 2. The van der Waals surface area contributed by atoms with E-state index >= 15 is 0 Å². The maximum Gasteiger partial charge on any atom is 0.408 e. The van der Waals surface area contributed by atoms with Gasteiger partial charge < -0.3 is 49.5 Å². The molecule has 7 atom stereocenters. The minimum absolute atomic E-state index is 0.0560. The Kier molecular flexibility index (Phi) is 12.1. The molecule has 0 radical (unpaired) electrons. The molecule has 47 heavy (non-hydrogen) atoms. The van der Waals surface area contributed by atoms with Crippen LogP contribution in [0, 0.1) is 0 Å². The number of carbonyl (C=O) groups excluding carboxylic acids is 2. The zero-order chi connectivity index (χ0) is 34.4. The van der Waals surface area contributed by atoms with Crippen molar-refractivity contribution >= 4 is 27.9 Å². The molecule has 15 nitrogen and oxygen atoms in total. The van der Waals surface area contributed by atoms with Crippen LogP contribution in [0.5, 0.6) is 11.5 Å². The summed E-state index contributed by atoms with van der Waals surface area (Å²) in [7, 11) is -2.10. The second kappa shape index (κ2) is 15.6. The molecule has 2 aromatic carbocycles. The van der Waals surface area contributed by atoms with Gasteiger partial charge in [0.2, 0.25) is 12.2 Å². The molecular weight excluding hydrogens is 636 g/mol. The fourth-order valence-corrected chi connectivity index (χ4v) is 6.71. The molecule has 2 aliphatic rings. The minimum Gasteiger partial charge on any atom is -0.460 e. The largest absolute Gasteiger partial charge is 0.460 e. The van der Waals surface area contributed by atoms with Gasteiger partial charge in [-0.15, -0.1) is 4.36 Å². The molecule has 2 fully saturated rings. The Hall–Kier alpha value is -3.51. The molecule has 0 aliphatic carbocycles. The van der Waals surface area contributed by atoms with Gasteiger partial charge in [-0.1, -0.05) is 24.3 Å². The third kappa shape index (κ3) is 9.53. The van der Waals surface area contributed by atoms with E-state index in [2.05, 4.69) is 15.0 Å². The van der Waals surface area contributed by atoms with Crippen molar-refractivity contribution in [1.29, 1.82) is 0 Å². The maximum absolute atomic E-state index is 14.4. The van der Waals surface area contributed by atoms with E-state index in [4.69, 9.17) is 18.4 Å². The normalized spacial score (nSPS) is 25.2. The number of hydrogen-bond donors (Lipinski definition) is 6. The second-order valence-corrected chi connectivity index (χ2v) is 14.0. The van der Waals surface area contributed by atoms with Crippen molar-refractivity contribution in [2.45, 2.75) is 82.4 Å². The first-order valence-corrected chi connectivity index (χ1v) is 16.7. The summed E-state index contributed by atoms with van der Waals surface area (Å²) in [6.07, 6.45) is -6.52. The summed E-state index contributed by atoms with van der Waals surface area (Å²) in [6, 6.07) is 11.9. The zero-order valence-electron chi connectivity index (χ0n) is 26.8. The van der Waals surface area contributed by atoms with Crippen LogP contribution in [0.3, 0.4) is 0 Å². The Labute approximate surface area is 274 Å². The molecule has 260 valence electrons. The van der Waals surface area contributed by atoms with Gasteiger partial charge in [0.1, 0.15) is 53.2 Å². The number of carbonyl (C=O) groups is 2. The molecule has 2 saturated heterocycles.